The molecule has 0 spiro atoms. The second kappa shape index (κ2) is 7.17. The van der Waals surface area contributed by atoms with Gasteiger partial charge < -0.3 is 9.67 Å². The fraction of sp³-hybridized carbons (Fsp3) is 0.167. The minimum absolute atomic E-state index is 0.0962. The second-order valence-corrected chi connectivity index (χ2v) is 5.70. The lowest BCUT2D eigenvalue weighted by Crippen LogP contribution is -2.01. The Morgan fingerprint density at radius 2 is 1.77 bits per heavy atom. The summed E-state index contributed by atoms with van der Waals surface area (Å²) in [6.07, 6.45) is 0. The molecule has 4 heteroatoms. The number of hydrogen-bond donors (Lipinski definition) is 1. The van der Waals surface area contributed by atoms with Crippen molar-refractivity contribution in [2.24, 2.45) is 0 Å². The summed E-state index contributed by atoms with van der Waals surface area (Å²) < 4.78 is 2.22. The fourth-order valence-electron chi connectivity index (χ4n) is 2.29. The predicted molar refractivity (Wildman–Crippen MR) is 90.9 cm³/mol. The van der Waals surface area contributed by atoms with Gasteiger partial charge in [-0.15, -0.1) is 0 Å². The quantitative estimate of drug-likeness (QED) is 0.594. The van der Waals surface area contributed by atoms with Crippen LogP contribution in [0.25, 0.3) is 11.0 Å². The van der Waals surface area contributed by atoms with Crippen LogP contribution in [0.1, 0.15) is 5.56 Å². The van der Waals surface area contributed by atoms with Gasteiger partial charge in [-0.3, -0.25) is 0 Å². The van der Waals surface area contributed by atoms with E-state index in [4.69, 9.17) is 10.1 Å². The van der Waals surface area contributed by atoms with Gasteiger partial charge in [-0.05, 0) is 17.7 Å². The number of nitrogens with zero attached hydrogens (tertiary/aromatic N) is 2. The van der Waals surface area contributed by atoms with E-state index in [1.807, 2.05) is 36.4 Å². The smallest absolute Gasteiger partial charge is 0.170 e. The van der Waals surface area contributed by atoms with Gasteiger partial charge in [0.05, 0.1) is 23.3 Å². The van der Waals surface area contributed by atoms with E-state index in [2.05, 4.69) is 34.6 Å². The van der Waals surface area contributed by atoms with Gasteiger partial charge in [0.2, 0.25) is 0 Å². The zero-order valence-corrected chi connectivity index (χ0v) is 12.9. The molecule has 2 aromatic carbocycles. The van der Waals surface area contributed by atoms with Crippen LogP contribution >= 0.6 is 11.8 Å². The van der Waals surface area contributed by atoms with E-state index in [9.17, 15) is 0 Å². The molecule has 0 saturated heterocycles. The van der Waals surface area contributed by atoms with Crippen molar-refractivity contribution in [2.45, 2.75) is 11.7 Å². The predicted octanol–water partition coefficient (Wildman–Crippen LogP) is 3.17. The molecular weight excluding hydrogens is 292 g/mol. The monoisotopic (exact) mass is 308 g/mol. The number of aromatic nitrogens is 2. The SMILES string of the molecule is OCC#CCSc1nc2ccccc2n1Cc1ccccc1. The van der Waals surface area contributed by atoms with Gasteiger partial charge >= 0.3 is 0 Å². The molecule has 0 aliphatic carbocycles. The van der Waals surface area contributed by atoms with Crippen LogP contribution < -0.4 is 0 Å². The number of aliphatic hydroxyl groups excluding tert-OH is 1. The molecule has 3 aromatic rings. The number of fused-ring (bicyclic) bond motifs is 1. The van der Waals surface area contributed by atoms with E-state index in [1.165, 1.54) is 5.56 Å². The van der Waals surface area contributed by atoms with E-state index in [0.29, 0.717) is 5.75 Å². The molecule has 0 aliphatic rings. The average Bonchev–Trinajstić information content (AvgIpc) is 2.91. The number of hydrogen-bond acceptors (Lipinski definition) is 3. The van der Waals surface area contributed by atoms with Crippen LogP contribution in [0.4, 0.5) is 0 Å². The van der Waals surface area contributed by atoms with Crippen LogP contribution in [-0.4, -0.2) is 27.0 Å². The second-order valence-electron chi connectivity index (χ2n) is 4.76. The zero-order valence-electron chi connectivity index (χ0n) is 12.1. The summed E-state index contributed by atoms with van der Waals surface area (Å²) in [5.74, 6) is 6.22. The summed E-state index contributed by atoms with van der Waals surface area (Å²) in [4.78, 5) is 4.70. The highest BCUT2D eigenvalue weighted by molar-refractivity contribution is 7.99. The van der Waals surface area contributed by atoms with E-state index in [0.717, 1.165) is 22.7 Å². The van der Waals surface area contributed by atoms with Crippen molar-refractivity contribution in [2.75, 3.05) is 12.4 Å². The zero-order chi connectivity index (χ0) is 15.2. The Balaban J connectivity index is 1.94. The summed E-state index contributed by atoms with van der Waals surface area (Å²) in [6.45, 7) is 0.693. The third-order valence-electron chi connectivity index (χ3n) is 3.28. The van der Waals surface area contributed by atoms with Crippen molar-refractivity contribution in [1.82, 2.24) is 9.55 Å². The number of imidazole rings is 1. The number of rotatable bonds is 4. The number of para-hydroxylation sites is 2. The van der Waals surface area contributed by atoms with Crippen molar-refractivity contribution >= 4 is 22.8 Å². The molecule has 1 N–H and O–H groups in total. The molecule has 22 heavy (non-hydrogen) atoms. The van der Waals surface area contributed by atoms with Gasteiger partial charge in [0.15, 0.2) is 5.16 Å². The van der Waals surface area contributed by atoms with Crippen LogP contribution in [0.15, 0.2) is 59.8 Å². The Morgan fingerprint density at radius 3 is 2.59 bits per heavy atom. The minimum Gasteiger partial charge on any atom is -0.384 e. The molecule has 0 atom stereocenters. The molecule has 0 fully saturated rings. The van der Waals surface area contributed by atoms with E-state index < -0.39 is 0 Å². The van der Waals surface area contributed by atoms with Crippen LogP contribution in [0.2, 0.25) is 0 Å². The third kappa shape index (κ3) is 3.33. The fourth-order valence-corrected chi connectivity index (χ4v) is 3.07. The molecular formula is C18H16N2OS. The van der Waals surface area contributed by atoms with Crippen LogP contribution in [0, 0.1) is 11.8 Å². The van der Waals surface area contributed by atoms with Crippen LogP contribution in [0.5, 0.6) is 0 Å². The lowest BCUT2D eigenvalue weighted by atomic mass is 10.2. The number of benzene rings is 2. The lowest BCUT2D eigenvalue weighted by Gasteiger charge is -2.08. The molecule has 3 nitrogen and oxygen atoms in total. The van der Waals surface area contributed by atoms with E-state index >= 15 is 0 Å². The average molecular weight is 308 g/mol. The van der Waals surface area contributed by atoms with Gasteiger partial charge in [-0.25, -0.2) is 4.98 Å². The van der Waals surface area contributed by atoms with Crippen molar-refractivity contribution in [3.05, 3.63) is 60.2 Å². The van der Waals surface area contributed by atoms with Crippen molar-refractivity contribution < 1.29 is 5.11 Å². The summed E-state index contributed by atoms with van der Waals surface area (Å²) in [5.41, 5.74) is 3.37. The van der Waals surface area contributed by atoms with Crippen LogP contribution in [0.3, 0.4) is 0 Å². The first-order chi connectivity index (χ1) is 10.9. The standard InChI is InChI=1S/C18H16N2OS/c21-12-6-7-13-22-18-19-16-10-4-5-11-17(16)20(18)14-15-8-2-1-3-9-15/h1-5,8-11,21H,12-14H2. The van der Waals surface area contributed by atoms with Gasteiger partial charge in [-0.1, -0.05) is 66.1 Å². The lowest BCUT2D eigenvalue weighted by molar-refractivity contribution is 0.350. The van der Waals surface area contributed by atoms with E-state index in [1.54, 1.807) is 11.8 Å². The maximum absolute atomic E-state index is 8.72. The van der Waals surface area contributed by atoms with Gasteiger partial charge in [-0.2, -0.15) is 0 Å². The Kier molecular flexibility index (Phi) is 4.79. The number of thioether (sulfide) groups is 1. The highest BCUT2D eigenvalue weighted by Gasteiger charge is 2.10. The molecule has 1 aromatic heterocycles. The summed E-state index contributed by atoms with van der Waals surface area (Å²) in [6, 6.07) is 18.5. The molecule has 0 bridgehead atoms. The molecule has 110 valence electrons. The molecule has 0 radical (unpaired) electrons. The highest BCUT2D eigenvalue weighted by atomic mass is 32.2. The molecule has 0 unspecified atom stereocenters. The Morgan fingerprint density at radius 1 is 1.00 bits per heavy atom. The third-order valence-corrected chi connectivity index (χ3v) is 4.14. The Bertz CT molecular complexity index is 815. The van der Waals surface area contributed by atoms with Gasteiger partial charge in [0.1, 0.15) is 6.61 Å². The summed E-state index contributed by atoms with van der Waals surface area (Å²) >= 11 is 1.60. The Hall–Kier alpha value is -2.22. The van der Waals surface area contributed by atoms with Crippen molar-refractivity contribution in [3.8, 4) is 11.8 Å². The molecule has 1 heterocycles. The maximum atomic E-state index is 8.72. The first kappa shape index (κ1) is 14.7. The van der Waals surface area contributed by atoms with Crippen molar-refractivity contribution in [1.29, 1.82) is 0 Å². The minimum atomic E-state index is -0.0962. The molecule has 0 aliphatic heterocycles. The largest absolute Gasteiger partial charge is 0.384 e. The first-order valence-electron chi connectivity index (χ1n) is 7.07. The normalized spacial score (nSPS) is 10.4. The maximum Gasteiger partial charge on any atom is 0.170 e. The first-order valence-corrected chi connectivity index (χ1v) is 8.05. The Labute approximate surface area is 134 Å². The van der Waals surface area contributed by atoms with Crippen LogP contribution in [-0.2, 0) is 6.54 Å². The topological polar surface area (TPSA) is 38.1 Å². The molecule has 0 saturated carbocycles. The van der Waals surface area contributed by atoms with Gasteiger partial charge in [0.25, 0.3) is 0 Å². The van der Waals surface area contributed by atoms with Crippen molar-refractivity contribution in [3.63, 3.8) is 0 Å². The molecule has 3 rings (SSSR count). The van der Waals surface area contributed by atoms with Gasteiger partial charge in [0, 0.05) is 0 Å². The number of aliphatic hydroxyl groups is 1. The summed E-state index contributed by atoms with van der Waals surface area (Å²) in [5, 5.41) is 9.68. The molecule has 0 amide bonds. The van der Waals surface area contributed by atoms with E-state index in [-0.39, 0.29) is 6.61 Å². The highest BCUT2D eigenvalue weighted by Crippen LogP contribution is 2.24. The summed E-state index contributed by atoms with van der Waals surface area (Å²) in [7, 11) is 0.